The van der Waals surface area contributed by atoms with Gasteiger partial charge in [-0.2, -0.15) is 5.10 Å². The predicted octanol–water partition coefficient (Wildman–Crippen LogP) is 5.88. The topological polar surface area (TPSA) is 57.5 Å². The van der Waals surface area contributed by atoms with Gasteiger partial charge in [0.1, 0.15) is 5.75 Å². The lowest BCUT2D eigenvalue weighted by Gasteiger charge is -2.05. The minimum Gasteiger partial charge on any atom is -0.507 e. The van der Waals surface area contributed by atoms with Gasteiger partial charge < -0.3 is 5.11 Å². The SMILES string of the molecule is Oc1ccc2cc(Br)ccc2c1C=NNc1nc(-c2ccccc2)cs1. The van der Waals surface area contributed by atoms with Gasteiger partial charge in [-0.1, -0.05) is 58.4 Å². The zero-order chi connectivity index (χ0) is 17.9. The molecule has 4 nitrogen and oxygen atoms in total. The molecule has 0 aliphatic rings. The summed E-state index contributed by atoms with van der Waals surface area (Å²) in [4.78, 5) is 4.53. The van der Waals surface area contributed by atoms with Crippen LogP contribution in [-0.4, -0.2) is 16.3 Å². The molecular formula is C20H14BrN3OS. The van der Waals surface area contributed by atoms with E-state index in [9.17, 15) is 5.11 Å². The van der Waals surface area contributed by atoms with Crippen LogP contribution in [-0.2, 0) is 0 Å². The number of fused-ring (bicyclic) bond motifs is 1. The number of hydrogen-bond donors (Lipinski definition) is 2. The minimum absolute atomic E-state index is 0.189. The second-order valence-corrected chi connectivity index (χ2v) is 7.41. The van der Waals surface area contributed by atoms with Gasteiger partial charge in [-0.05, 0) is 29.0 Å². The Balaban J connectivity index is 1.57. The lowest BCUT2D eigenvalue weighted by atomic mass is 10.0. The van der Waals surface area contributed by atoms with Crippen molar-refractivity contribution in [3.8, 4) is 17.0 Å². The molecule has 26 heavy (non-hydrogen) atoms. The fourth-order valence-electron chi connectivity index (χ4n) is 2.67. The normalized spacial score (nSPS) is 11.3. The average Bonchev–Trinajstić information content (AvgIpc) is 3.13. The molecule has 1 heterocycles. The number of anilines is 1. The molecule has 1 aromatic heterocycles. The van der Waals surface area contributed by atoms with Crippen molar-refractivity contribution in [2.75, 3.05) is 5.43 Å². The summed E-state index contributed by atoms with van der Waals surface area (Å²) in [5.74, 6) is 0.189. The molecule has 2 N–H and O–H groups in total. The molecule has 0 aliphatic carbocycles. The van der Waals surface area contributed by atoms with E-state index in [1.165, 1.54) is 11.3 Å². The summed E-state index contributed by atoms with van der Waals surface area (Å²) in [5.41, 5.74) is 5.59. The van der Waals surface area contributed by atoms with E-state index >= 15 is 0 Å². The molecule has 3 aromatic carbocycles. The Morgan fingerprint density at radius 1 is 1.08 bits per heavy atom. The van der Waals surface area contributed by atoms with Crippen LogP contribution in [0, 0.1) is 0 Å². The lowest BCUT2D eigenvalue weighted by Crippen LogP contribution is -1.92. The van der Waals surface area contributed by atoms with Crippen molar-refractivity contribution >= 4 is 49.4 Å². The van der Waals surface area contributed by atoms with Gasteiger partial charge in [-0.15, -0.1) is 11.3 Å². The molecule has 0 unspecified atom stereocenters. The molecule has 0 radical (unpaired) electrons. The van der Waals surface area contributed by atoms with Crippen LogP contribution >= 0.6 is 27.3 Å². The zero-order valence-corrected chi connectivity index (χ0v) is 16.0. The molecule has 0 fully saturated rings. The van der Waals surface area contributed by atoms with E-state index in [1.807, 2.05) is 60.0 Å². The van der Waals surface area contributed by atoms with Crippen molar-refractivity contribution in [1.29, 1.82) is 0 Å². The van der Waals surface area contributed by atoms with Crippen molar-refractivity contribution in [2.45, 2.75) is 0 Å². The Hall–Kier alpha value is -2.70. The summed E-state index contributed by atoms with van der Waals surface area (Å²) < 4.78 is 0.993. The molecule has 128 valence electrons. The maximum Gasteiger partial charge on any atom is 0.203 e. The van der Waals surface area contributed by atoms with E-state index in [0.29, 0.717) is 10.7 Å². The molecule has 0 atom stereocenters. The summed E-state index contributed by atoms with van der Waals surface area (Å²) in [5, 5.41) is 19.1. The quantitative estimate of drug-likeness (QED) is 0.318. The van der Waals surface area contributed by atoms with Crippen LogP contribution in [0.25, 0.3) is 22.0 Å². The molecular weight excluding hydrogens is 410 g/mol. The number of phenols is 1. The molecule has 0 saturated heterocycles. The first-order valence-electron chi connectivity index (χ1n) is 7.92. The third-order valence-corrected chi connectivity index (χ3v) is 5.17. The number of aromatic hydroxyl groups is 1. The maximum absolute atomic E-state index is 10.2. The van der Waals surface area contributed by atoms with Crippen LogP contribution in [0.2, 0.25) is 0 Å². The Morgan fingerprint density at radius 3 is 2.77 bits per heavy atom. The summed E-state index contributed by atoms with van der Waals surface area (Å²) in [6.45, 7) is 0. The fraction of sp³-hybridized carbons (Fsp3) is 0. The second kappa shape index (κ2) is 7.27. The van der Waals surface area contributed by atoms with Gasteiger partial charge in [-0.25, -0.2) is 4.98 Å². The van der Waals surface area contributed by atoms with Crippen LogP contribution in [0.5, 0.6) is 5.75 Å². The lowest BCUT2D eigenvalue weighted by molar-refractivity contribution is 0.475. The smallest absolute Gasteiger partial charge is 0.203 e. The monoisotopic (exact) mass is 423 g/mol. The first-order valence-corrected chi connectivity index (χ1v) is 9.59. The van der Waals surface area contributed by atoms with Gasteiger partial charge in [-0.3, -0.25) is 5.43 Å². The molecule has 0 aliphatic heterocycles. The molecule has 0 amide bonds. The van der Waals surface area contributed by atoms with E-state index in [4.69, 9.17) is 0 Å². The molecule has 6 heteroatoms. The van der Waals surface area contributed by atoms with Crippen LogP contribution in [0.15, 0.2) is 75.6 Å². The maximum atomic E-state index is 10.2. The molecule has 0 bridgehead atoms. The van der Waals surface area contributed by atoms with Crippen molar-refractivity contribution < 1.29 is 5.11 Å². The van der Waals surface area contributed by atoms with Crippen LogP contribution in [0.3, 0.4) is 0 Å². The predicted molar refractivity (Wildman–Crippen MR) is 112 cm³/mol. The Labute approximate surface area is 163 Å². The van der Waals surface area contributed by atoms with Crippen molar-refractivity contribution in [3.63, 3.8) is 0 Å². The molecule has 0 spiro atoms. The Morgan fingerprint density at radius 2 is 1.92 bits per heavy atom. The van der Waals surface area contributed by atoms with Crippen LogP contribution in [0.1, 0.15) is 5.56 Å². The first kappa shape index (κ1) is 16.8. The van der Waals surface area contributed by atoms with Gasteiger partial charge in [0.05, 0.1) is 11.9 Å². The molecule has 4 rings (SSSR count). The van der Waals surface area contributed by atoms with Crippen LogP contribution < -0.4 is 5.43 Å². The summed E-state index contributed by atoms with van der Waals surface area (Å²) in [6, 6.07) is 19.5. The summed E-state index contributed by atoms with van der Waals surface area (Å²) in [6.07, 6.45) is 1.62. The van der Waals surface area contributed by atoms with Gasteiger partial charge in [0.25, 0.3) is 0 Å². The molecule has 4 aromatic rings. The van der Waals surface area contributed by atoms with E-state index in [2.05, 4.69) is 31.4 Å². The Kier molecular flexibility index (Phi) is 4.69. The third kappa shape index (κ3) is 3.47. The van der Waals surface area contributed by atoms with E-state index < -0.39 is 0 Å². The van der Waals surface area contributed by atoms with Gasteiger partial charge >= 0.3 is 0 Å². The van der Waals surface area contributed by atoms with Crippen molar-refractivity contribution in [3.05, 3.63) is 76.1 Å². The number of aromatic nitrogens is 1. The average molecular weight is 424 g/mol. The number of nitrogens with zero attached hydrogens (tertiary/aromatic N) is 2. The number of phenolic OH excluding ortho intramolecular Hbond substituents is 1. The van der Waals surface area contributed by atoms with Gasteiger partial charge in [0.2, 0.25) is 5.13 Å². The van der Waals surface area contributed by atoms with Crippen molar-refractivity contribution in [1.82, 2.24) is 4.98 Å². The Bertz CT molecular complexity index is 1090. The number of nitrogens with one attached hydrogen (secondary N) is 1. The van der Waals surface area contributed by atoms with E-state index in [1.54, 1.807) is 12.3 Å². The number of hydrogen-bond acceptors (Lipinski definition) is 5. The second-order valence-electron chi connectivity index (χ2n) is 5.64. The zero-order valence-electron chi connectivity index (χ0n) is 13.6. The number of benzene rings is 3. The number of thiazole rings is 1. The highest BCUT2D eigenvalue weighted by Crippen LogP contribution is 2.28. The summed E-state index contributed by atoms with van der Waals surface area (Å²) in [7, 11) is 0. The number of rotatable bonds is 4. The van der Waals surface area contributed by atoms with Gasteiger partial charge in [0, 0.05) is 21.0 Å². The minimum atomic E-state index is 0.189. The standard InChI is InChI=1S/C20H14BrN3OS/c21-15-7-8-16-14(10-15)6-9-19(25)17(16)11-22-24-20-23-18(12-26-20)13-4-2-1-3-5-13/h1-12,25H,(H,23,24). The highest BCUT2D eigenvalue weighted by atomic mass is 79.9. The fourth-order valence-corrected chi connectivity index (χ4v) is 3.71. The van der Waals surface area contributed by atoms with Gasteiger partial charge in [0.15, 0.2) is 0 Å². The third-order valence-electron chi connectivity index (χ3n) is 3.93. The first-order chi connectivity index (χ1) is 12.7. The summed E-state index contributed by atoms with van der Waals surface area (Å²) >= 11 is 4.95. The highest BCUT2D eigenvalue weighted by molar-refractivity contribution is 9.10. The largest absolute Gasteiger partial charge is 0.507 e. The number of halogens is 1. The highest BCUT2D eigenvalue weighted by Gasteiger charge is 2.06. The van der Waals surface area contributed by atoms with Crippen LogP contribution in [0.4, 0.5) is 5.13 Å². The van der Waals surface area contributed by atoms with Crippen molar-refractivity contribution in [2.24, 2.45) is 5.10 Å². The molecule has 0 saturated carbocycles. The number of hydrazone groups is 1. The van der Waals surface area contributed by atoms with E-state index in [0.717, 1.165) is 26.5 Å². The van der Waals surface area contributed by atoms with E-state index in [-0.39, 0.29) is 5.75 Å².